The molecule has 0 spiro atoms. The van der Waals surface area contributed by atoms with E-state index in [0.717, 1.165) is 34.8 Å². The van der Waals surface area contributed by atoms with Gasteiger partial charge in [-0.1, -0.05) is 25.3 Å². The largest absolute Gasteiger partial charge is 0.493 e. The molecule has 0 bridgehead atoms. The van der Waals surface area contributed by atoms with Crippen LogP contribution < -0.4 is 19.1 Å². The first-order valence-corrected chi connectivity index (χ1v) is 13.7. The Morgan fingerprint density at radius 2 is 1.10 bits per heavy atom. The van der Waals surface area contributed by atoms with Crippen LogP contribution in [0.4, 0.5) is 17.1 Å². The third-order valence-electron chi connectivity index (χ3n) is 6.96. The van der Waals surface area contributed by atoms with Gasteiger partial charge in [0.1, 0.15) is 17.2 Å². The van der Waals surface area contributed by atoms with E-state index in [-0.39, 0.29) is 11.5 Å². The molecule has 0 aliphatic rings. The van der Waals surface area contributed by atoms with Crippen molar-refractivity contribution in [3.63, 3.8) is 0 Å². The summed E-state index contributed by atoms with van der Waals surface area (Å²) >= 11 is 0. The molecular formula is C36H35NO5. The van der Waals surface area contributed by atoms with Crippen molar-refractivity contribution >= 4 is 29.0 Å². The van der Waals surface area contributed by atoms with E-state index in [2.05, 4.69) is 82.2 Å². The Labute approximate surface area is 247 Å². The molecule has 0 aliphatic heterocycles. The smallest absolute Gasteiger partial charge is 0.335 e. The van der Waals surface area contributed by atoms with E-state index in [9.17, 15) is 9.59 Å². The molecule has 0 aromatic heterocycles. The van der Waals surface area contributed by atoms with Crippen LogP contribution in [0.2, 0.25) is 0 Å². The summed E-state index contributed by atoms with van der Waals surface area (Å²) in [4.78, 5) is 25.7. The van der Waals surface area contributed by atoms with Gasteiger partial charge in [0.2, 0.25) is 0 Å². The van der Waals surface area contributed by atoms with E-state index >= 15 is 0 Å². The first kappa shape index (κ1) is 29.9. The minimum absolute atomic E-state index is 0.242. The highest BCUT2D eigenvalue weighted by Gasteiger charge is 2.15. The number of hydrogen-bond acceptors (Lipinski definition) is 6. The molecule has 0 N–H and O–H groups in total. The number of aryl methyl sites for hydroxylation is 4. The molecule has 4 aromatic rings. The van der Waals surface area contributed by atoms with Gasteiger partial charge in [0.05, 0.1) is 6.61 Å². The van der Waals surface area contributed by atoms with E-state index in [1.165, 1.54) is 28.3 Å². The Morgan fingerprint density at radius 1 is 0.619 bits per heavy atom. The maximum Gasteiger partial charge on any atom is 0.335 e. The minimum Gasteiger partial charge on any atom is -0.493 e. The molecule has 42 heavy (non-hydrogen) atoms. The summed E-state index contributed by atoms with van der Waals surface area (Å²) in [6.07, 6.45) is 2.61. The van der Waals surface area contributed by atoms with Crippen molar-refractivity contribution in [2.45, 2.75) is 34.1 Å². The van der Waals surface area contributed by atoms with Gasteiger partial charge < -0.3 is 19.1 Å². The van der Waals surface area contributed by atoms with Gasteiger partial charge in [-0.3, -0.25) is 0 Å². The molecule has 0 atom stereocenters. The number of rotatable bonds is 11. The Kier molecular flexibility index (Phi) is 9.61. The van der Waals surface area contributed by atoms with Crippen LogP contribution in [0.3, 0.4) is 0 Å². The van der Waals surface area contributed by atoms with Gasteiger partial charge in [0.25, 0.3) is 0 Å². The standard InChI is InChI=1S/C36H35NO5/c1-7-35(38)41-33-21-28(22-34(23-33)42-36(39)8-2)17-18-40-32-15-13-29(14-16-32)37(30-11-9-24(3)26(5)19-30)31-12-10-25(4)27(6)20-31/h7-16,19-23H,1-2,17-18H2,3-6H3. The normalized spacial score (nSPS) is 10.5. The number of hydrogen-bond donors (Lipinski definition) is 0. The van der Waals surface area contributed by atoms with Crippen molar-refractivity contribution in [3.8, 4) is 17.2 Å². The molecule has 0 unspecified atom stereocenters. The lowest BCUT2D eigenvalue weighted by Crippen LogP contribution is -2.11. The fourth-order valence-electron chi connectivity index (χ4n) is 4.36. The van der Waals surface area contributed by atoms with E-state index < -0.39 is 11.9 Å². The monoisotopic (exact) mass is 561 g/mol. The van der Waals surface area contributed by atoms with Crippen LogP contribution in [0.1, 0.15) is 27.8 Å². The first-order valence-electron chi connectivity index (χ1n) is 13.7. The Balaban J connectivity index is 1.52. The SMILES string of the molecule is C=CC(=O)Oc1cc(CCOc2ccc(N(c3ccc(C)c(C)c3)c3ccc(C)c(C)c3)cc2)cc(OC(=O)C=C)c1. The molecule has 4 rings (SSSR count). The predicted octanol–water partition coefficient (Wildman–Crippen LogP) is 8.19. The second-order valence-electron chi connectivity index (χ2n) is 10.0. The Morgan fingerprint density at radius 3 is 1.55 bits per heavy atom. The molecule has 0 amide bonds. The van der Waals surface area contributed by atoms with Gasteiger partial charge in [0.15, 0.2) is 0 Å². The van der Waals surface area contributed by atoms with E-state index in [1.54, 1.807) is 12.1 Å². The van der Waals surface area contributed by atoms with Crippen LogP contribution in [-0.4, -0.2) is 18.5 Å². The molecule has 0 saturated heterocycles. The van der Waals surface area contributed by atoms with Gasteiger partial charge in [-0.25, -0.2) is 9.59 Å². The van der Waals surface area contributed by atoms with E-state index in [4.69, 9.17) is 14.2 Å². The third kappa shape index (κ3) is 7.55. The number of nitrogens with zero attached hydrogens (tertiary/aromatic N) is 1. The number of ether oxygens (including phenoxy) is 3. The summed E-state index contributed by atoms with van der Waals surface area (Å²) in [5.74, 6) is -0.0237. The average Bonchev–Trinajstić information content (AvgIpc) is 2.97. The summed E-state index contributed by atoms with van der Waals surface area (Å²) < 4.78 is 16.5. The zero-order valence-electron chi connectivity index (χ0n) is 24.5. The number of benzene rings is 4. The maximum absolute atomic E-state index is 11.7. The summed E-state index contributed by atoms with van der Waals surface area (Å²) in [5.41, 5.74) is 8.90. The fraction of sp³-hybridized carbons (Fsp3) is 0.167. The lowest BCUT2D eigenvalue weighted by atomic mass is 10.1. The van der Waals surface area contributed by atoms with Crippen LogP contribution in [-0.2, 0) is 16.0 Å². The van der Waals surface area contributed by atoms with Crippen molar-refractivity contribution in [2.24, 2.45) is 0 Å². The van der Waals surface area contributed by atoms with Crippen LogP contribution in [0.5, 0.6) is 17.2 Å². The fourth-order valence-corrected chi connectivity index (χ4v) is 4.36. The molecule has 4 aromatic carbocycles. The zero-order valence-corrected chi connectivity index (χ0v) is 24.5. The average molecular weight is 562 g/mol. The van der Waals surface area contributed by atoms with Crippen molar-refractivity contribution in [2.75, 3.05) is 11.5 Å². The number of carbonyl (C=O) groups is 2. The molecule has 6 heteroatoms. The van der Waals surface area contributed by atoms with Crippen LogP contribution in [0.25, 0.3) is 0 Å². The van der Waals surface area contributed by atoms with Crippen LogP contribution >= 0.6 is 0 Å². The molecule has 214 valence electrons. The quantitative estimate of drug-likeness (QED) is 0.104. The highest BCUT2D eigenvalue weighted by molar-refractivity contribution is 5.84. The molecule has 0 fully saturated rings. The van der Waals surface area contributed by atoms with Crippen molar-refractivity contribution in [1.82, 2.24) is 0 Å². The van der Waals surface area contributed by atoms with Gasteiger partial charge in [-0.2, -0.15) is 0 Å². The number of anilines is 3. The second kappa shape index (κ2) is 13.5. The van der Waals surface area contributed by atoms with Gasteiger partial charge >= 0.3 is 11.9 Å². The number of esters is 2. The molecule has 6 nitrogen and oxygen atoms in total. The summed E-state index contributed by atoms with van der Waals surface area (Å²) in [6, 6.07) is 25.8. The summed E-state index contributed by atoms with van der Waals surface area (Å²) in [7, 11) is 0. The molecule has 0 saturated carbocycles. The predicted molar refractivity (Wildman–Crippen MR) is 167 cm³/mol. The molecule has 0 radical (unpaired) electrons. The minimum atomic E-state index is -0.611. The van der Waals surface area contributed by atoms with Crippen LogP contribution in [0.15, 0.2) is 104 Å². The second-order valence-corrected chi connectivity index (χ2v) is 10.0. The lowest BCUT2D eigenvalue weighted by molar-refractivity contribution is -0.129. The topological polar surface area (TPSA) is 65.1 Å². The van der Waals surface area contributed by atoms with Crippen LogP contribution in [0, 0.1) is 27.7 Å². The van der Waals surface area contributed by atoms with Gasteiger partial charge in [-0.15, -0.1) is 0 Å². The molecule has 0 aliphatic carbocycles. The van der Waals surface area contributed by atoms with E-state index in [1.807, 2.05) is 24.3 Å². The van der Waals surface area contributed by atoms with Crippen molar-refractivity contribution in [1.29, 1.82) is 0 Å². The zero-order chi connectivity index (χ0) is 30.2. The Bertz CT molecular complexity index is 1530. The van der Waals surface area contributed by atoms with Crippen molar-refractivity contribution in [3.05, 3.63) is 132 Å². The highest BCUT2D eigenvalue weighted by Crippen LogP contribution is 2.37. The number of carbonyl (C=O) groups excluding carboxylic acids is 2. The molecular weight excluding hydrogens is 526 g/mol. The lowest BCUT2D eigenvalue weighted by Gasteiger charge is -2.27. The van der Waals surface area contributed by atoms with Crippen molar-refractivity contribution < 1.29 is 23.8 Å². The summed E-state index contributed by atoms with van der Waals surface area (Å²) in [6.45, 7) is 15.7. The highest BCUT2D eigenvalue weighted by atomic mass is 16.5. The maximum atomic E-state index is 11.7. The third-order valence-corrected chi connectivity index (χ3v) is 6.96. The Hall–Kier alpha value is -5.10. The van der Waals surface area contributed by atoms with Gasteiger partial charge in [0, 0.05) is 41.7 Å². The van der Waals surface area contributed by atoms with E-state index in [0.29, 0.717) is 18.8 Å². The summed E-state index contributed by atoms with van der Waals surface area (Å²) in [5, 5.41) is 0. The first-order chi connectivity index (χ1) is 20.2. The molecule has 0 heterocycles. The van der Waals surface area contributed by atoms with Gasteiger partial charge in [-0.05, 0) is 116 Å².